The number of rotatable bonds is 8. The molecule has 0 aliphatic rings. The summed E-state index contributed by atoms with van der Waals surface area (Å²) in [5, 5.41) is 13.6. The predicted molar refractivity (Wildman–Crippen MR) is 160 cm³/mol. The number of halogens is 9. The summed E-state index contributed by atoms with van der Waals surface area (Å²) >= 11 is 0. The quantitative estimate of drug-likeness (QED) is 0.231. The number of alkyl halides is 9. The Morgan fingerprint density at radius 1 is 0.729 bits per heavy atom. The predicted octanol–water partition coefficient (Wildman–Crippen LogP) is 10.3. The van der Waals surface area contributed by atoms with Crippen LogP contribution in [0.3, 0.4) is 0 Å². The van der Waals surface area contributed by atoms with Gasteiger partial charge in [0, 0.05) is 17.5 Å². The van der Waals surface area contributed by atoms with Crippen LogP contribution >= 0.6 is 0 Å². The fourth-order valence-corrected chi connectivity index (χ4v) is 4.94. The third-order valence-corrected chi connectivity index (χ3v) is 8.28. The van der Waals surface area contributed by atoms with E-state index < -0.39 is 70.5 Å². The topological polar surface area (TPSA) is 67.8 Å². The van der Waals surface area contributed by atoms with Crippen molar-refractivity contribution < 1.29 is 58.9 Å². The Labute approximate surface area is 272 Å². The number of aliphatic hydroxyl groups is 1. The van der Waals surface area contributed by atoms with E-state index >= 15 is 0 Å². The number of ether oxygens (including phenoxy) is 2. The number of benzene rings is 3. The highest BCUT2D eigenvalue weighted by Crippen LogP contribution is 2.46. The molecule has 14 heteroatoms. The summed E-state index contributed by atoms with van der Waals surface area (Å²) in [5.41, 5.74) is -7.10. The van der Waals surface area contributed by atoms with E-state index in [1.54, 1.807) is 18.2 Å². The van der Waals surface area contributed by atoms with E-state index in [1.165, 1.54) is 33.9 Å². The van der Waals surface area contributed by atoms with Gasteiger partial charge in [-0.3, -0.25) is 0 Å². The fraction of sp³-hybridized carbons (Fsp3) is 0.441. The van der Waals surface area contributed by atoms with E-state index in [1.807, 2.05) is 13.8 Å². The van der Waals surface area contributed by atoms with Crippen LogP contribution in [0.4, 0.5) is 44.3 Å². The number of nitrogens with one attached hydrogen (secondary N) is 1. The van der Waals surface area contributed by atoms with E-state index in [2.05, 4.69) is 5.32 Å². The average molecular weight is 694 g/mol. The normalized spacial score (nSPS) is 14.8. The zero-order valence-corrected chi connectivity index (χ0v) is 27.1. The average Bonchev–Trinajstić information content (AvgIpc) is 2.96. The zero-order chi connectivity index (χ0) is 36.6. The third kappa shape index (κ3) is 8.55. The molecular weight excluding hydrogens is 657 g/mol. The van der Waals surface area contributed by atoms with E-state index in [4.69, 9.17) is 9.47 Å². The summed E-state index contributed by atoms with van der Waals surface area (Å²) in [6.07, 6.45) is -18.7. The van der Waals surface area contributed by atoms with Gasteiger partial charge in [0.1, 0.15) is 17.5 Å². The Balaban J connectivity index is 2.04. The van der Waals surface area contributed by atoms with E-state index in [-0.39, 0.29) is 23.1 Å². The van der Waals surface area contributed by atoms with Crippen molar-refractivity contribution in [3.8, 4) is 16.9 Å². The van der Waals surface area contributed by atoms with Crippen LogP contribution in [0.2, 0.25) is 0 Å². The monoisotopic (exact) mass is 693 g/mol. The second-order valence-electron chi connectivity index (χ2n) is 12.8. The summed E-state index contributed by atoms with van der Waals surface area (Å²) in [4.78, 5) is 13.2. The molecule has 0 aliphatic heterocycles. The Morgan fingerprint density at radius 3 is 1.73 bits per heavy atom. The molecule has 3 rings (SSSR count). The molecule has 0 spiro atoms. The minimum atomic E-state index is -5.20. The number of amides is 1. The van der Waals surface area contributed by atoms with Gasteiger partial charge in [-0.2, -0.15) is 39.5 Å². The number of carbonyl (C=O) groups is 1. The lowest BCUT2D eigenvalue weighted by Gasteiger charge is -2.44. The molecule has 0 unspecified atom stereocenters. The second kappa shape index (κ2) is 13.5. The zero-order valence-electron chi connectivity index (χ0n) is 27.1. The third-order valence-electron chi connectivity index (χ3n) is 8.28. The molecule has 0 aliphatic carbocycles. The first-order valence-electron chi connectivity index (χ1n) is 14.6. The van der Waals surface area contributed by atoms with Crippen molar-refractivity contribution in [2.75, 3.05) is 7.11 Å². The van der Waals surface area contributed by atoms with Gasteiger partial charge in [0.05, 0.1) is 23.8 Å². The number of alkyl carbamates (subject to hydrolysis) is 1. The molecule has 0 saturated carbocycles. The SMILES string of the molecule is COc1ccc(C(C)C)cc1-c1ccc(C(F)(F)F)cc1CNC(=O)O[C@](C)([C@@H](O)c1cc(C(F)(F)F)cc(C(F)(F)F)c1)C(C)(C)C. The molecule has 0 radical (unpaired) electrons. The number of hydrogen-bond acceptors (Lipinski definition) is 4. The summed E-state index contributed by atoms with van der Waals surface area (Å²) in [7, 11) is 1.38. The van der Waals surface area contributed by atoms with Crippen LogP contribution in [0, 0.1) is 5.41 Å². The Hall–Kier alpha value is -3.94. The van der Waals surface area contributed by atoms with E-state index in [9.17, 15) is 49.4 Å². The smallest absolute Gasteiger partial charge is 0.416 e. The van der Waals surface area contributed by atoms with Crippen LogP contribution in [-0.4, -0.2) is 23.9 Å². The van der Waals surface area contributed by atoms with Crippen LogP contribution < -0.4 is 10.1 Å². The van der Waals surface area contributed by atoms with Crippen molar-refractivity contribution in [3.63, 3.8) is 0 Å². The van der Waals surface area contributed by atoms with Crippen LogP contribution in [0.15, 0.2) is 54.6 Å². The van der Waals surface area contributed by atoms with Crippen molar-refractivity contribution in [2.45, 2.75) is 84.2 Å². The van der Waals surface area contributed by atoms with Crippen LogP contribution in [0.25, 0.3) is 11.1 Å². The fourth-order valence-electron chi connectivity index (χ4n) is 4.94. The van der Waals surface area contributed by atoms with Gasteiger partial charge >= 0.3 is 24.6 Å². The van der Waals surface area contributed by atoms with Crippen LogP contribution in [0.1, 0.15) is 86.9 Å². The second-order valence-corrected chi connectivity index (χ2v) is 12.8. The molecule has 0 saturated heterocycles. The van der Waals surface area contributed by atoms with Crippen molar-refractivity contribution in [1.82, 2.24) is 5.32 Å². The molecule has 1 amide bonds. The molecule has 5 nitrogen and oxygen atoms in total. The van der Waals surface area contributed by atoms with Crippen molar-refractivity contribution in [1.29, 1.82) is 0 Å². The number of carbonyl (C=O) groups excluding carboxylic acids is 1. The molecular formula is C34H36F9NO4. The summed E-state index contributed by atoms with van der Waals surface area (Å²) in [5.74, 6) is 0.386. The minimum Gasteiger partial charge on any atom is -0.496 e. The highest BCUT2D eigenvalue weighted by molar-refractivity contribution is 5.76. The van der Waals surface area contributed by atoms with Gasteiger partial charge in [0.25, 0.3) is 0 Å². The molecule has 0 aromatic heterocycles. The first kappa shape index (κ1) is 38.5. The van der Waals surface area contributed by atoms with Gasteiger partial charge in [-0.25, -0.2) is 4.79 Å². The molecule has 2 atom stereocenters. The van der Waals surface area contributed by atoms with Gasteiger partial charge in [-0.15, -0.1) is 0 Å². The lowest BCUT2D eigenvalue weighted by Crippen LogP contribution is -2.51. The molecule has 48 heavy (non-hydrogen) atoms. The van der Waals surface area contributed by atoms with Crippen molar-refractivity contribution in [2.24, 2.45) is 5.41 Å². The Morgan fingerprint density at radius 2 is 1.27 bits per heavy atom. The maximum absolute atomic E-state index is 13.7. The molecule has 3 aromatic carbocycles. The standard InChI is InChI=1S/C34H36F9NO4/c1-18(2)19-8-11-27(47-7)26(15-19)25-10-9-22(32(35,36)37)14-21(25)17-44-29(46)48-31(6,30(3,4)5)28(45)20-12-23(33(38,39)40)16-24(13-20)34(41,42)43/h8-16,18,28,45H,17H2,1-7H3,(H,44,46)/t28-,31+/m0/s1. The highest BCUT2D eigenvalue weighted by atomic mass is 19.4. The first-order chi connectivity index (χ1) is 21.8. The van der Waals surface area contributed by atoms with Crippen molar-refractivity contribution >= 4 is 6.09 Å². The van der Waals surface area contributed by atoms with Gasteiger partial charge in [-0.1, -0.05) is 46.8 Å². The van der Waals surface area contributed by atoms with Crippen LogP contribution in [0.5, 0.6) is 5.75 Å². The number of aliphatic hydroxyl groups excluding tert-OH is 1. The lowest BCUT2D eigenvalue weighted by atomic mass is 9.72. The van der Waals surface area contributed by atoms with Gasteiger partial charge in [0.2, 0.25) is 0 Å². The Kier molecular flexibility index (Phi) is 10.8. The molecule has 0 heterocycles. The largest absolute Gasteiger partial charge is 0.496 e. The number of methoxy groups -OCH3 is 1. The van der Waals surface area contributed by atoms with Gasteiger partial charge < -0.3 is 19.9 Å². The van der Waals surface area contributed by atoms with Gasteiger partial charge in [-0.05, 0) is 77.6 Å². The molecule has 0 bridgehead atoms. The summed E-state index contributed by atoms with van der Waals surface area (Å²) in [6.45, 7) is 8.71. The highest BCUT2D eigenvalue weighted by Gasteiger charge is 2.49. The Bertz CT molecular complexity index is 1590. The van der Waals surface area contributed by atoms with E-state index in [0.717, 1.165) is 24.6 Å². The molecule has 3 aromatic rings. The lowest BCUT2D eigenvalue weighted by molar-refractivity contribution is -0.146. The summed E-state index contributed by atoms with van der Waals surface area (Å²) in [6, 6.07) is 8.68. The minimum absolute atomic E-state index is 0.00770. The maximum Gasteiger partial charge on any atom is 0.416 e. The maximum atomic E-state index is 13.7. The summed E-state index contributed by atoms with van der Waals surface area (Å²) < 4.78 is 133. The van der Waals surface area contributed by atoms with E-state index in [0.29, 0.717) is 23.4 Å². The van der Waals surface area contributed by atoms with Crippen molar-refractivity contribution in [3.05, 3.63) is 88.0 Å². The molecule has 2 N–H and O–H groups in total. The first-order valence-corrected chi connectivity index (χ1v) is 14.6. The van der Waals surface area contributed by atoms with Gasteiger partial charge in [0.15, 0.2) is 0 Å². The van der Waals surface area contributed by atoms with Crippen LogP contribution in [-0.2, 0) is 29.8 Å². The number of hydrogen-bond donors (Lipinski definition) is 2. The molecule has 264 valence electrons. The molecule has 0 fully saturated rings.